The number of aliphatic imine (C=N–C) groups is 1. The van der Waals surface area contributed by atoms with Crippen molar-refractivity contribution in [2.24, 2.45) is 10.7 Å². The maximum absolute atomic E-state index is 13.6. The summed E-state index contributed by atoms with van der Waals surface area (Å²) >= 11 is 6.16. The number of carbonyl (C=O) groups is 1. The molecule has 2 atom stereocenters. The lowest BCUT2D eigenvalue weighted by molar-refractivity contribution is -0.133. The van der Waals surface area contributed by atoms with Crippen LogP contribution in [0, 0.1) is 0 Å². The molecule has 0 fully saturated rings. The van der Waals surface area contributed by atoms with Crippen molar-refractivity contribution >= 4 is 23.5 Å². The van der Waals surface area contributed by atoms with Gasteiger partial charge in [-0.05, 0) is 48.4 Å². The standard InChI is InChI=1S/C26H25ClN4O3/c1-25(12-16-5-4-6-20(9-16)33-3)15-26(23(32)31(2)24(28)30-26)21-11-17(7-8-22(21)34-25)18-10-19(27)14-29-13-18/h4-11,13-14H,12,15H2,1-3H3,(H2,28,30)/t25-,26?/m1/s1. The number of likely N-dealkylation sites (N-methyl/N-ethyl adjacent to an activating group) is 1. The Hall–Kier alpha value is -3.58. The second-order valence-corrected chi connectivity index (χ2v) is 9.49. The van der Waals surface area contributed by atoms with E-state index in [1.165, 1.54) is 4.90 Å². The zero-order valence-electron chi connectivity index (χ0n) is 19.2. The summed E-state index contributed by atoms with van der Waals surface area (Å²) in [6.07, 6.45) is 4.22. The third-order valence-corrected chi connectivity index (χ3v) is 6.68. The van der Waals surface area contributed by atoms with Crippen LogP contribution in [0.1, 0.15) is 24.5 Å². The predicted octanol–water partition coefficient (Wildman–Crippen LogP) is 4.18. The van der Waals surface area contributed by atoms with Crippen molar-refractivity contribution in [1.82, 2.24) is 9.88 Å². The summed E-state index contributed by atoms with van der Waals surface area (Å²) in [4.78, 5) is 24.0. The van der Waals surface area contributed by atoms with Crippen LogP contribution in [0.25, 0.3) is 11.1 Å². The molecule has 5 rings (SSSR count). The maximum Gasteiger partial charge on any atom is 0.261 e. The molecule has 0 saturated heterocycles. The minimum absolute atomic E-state index is 0.173. The van der Waals surface area contributed by atoms with Crippen molar-refractivity contribution in [3.05, 3.63) is 77.1 Å². The predicted molar refractivity (Wildman–Crippen MR) is 131 cm³/mol. The van der Waals surface area contributed by atoms with Crippen molar-refractivity contribution < 1.29 is 14.3 Å². The molecule has 2 aliphatic heterocycles. The van der Waals surface area contributed by atoms with Crippen molar-refractivity contribution in [3.63, 3.8) is 0 Å². The van der Waals surface area contributed by atoms with Crippen molar-refractivity contribution in [2.45, 2.75) is 30.9 Å². The molecule has 1 unspecified atom stereocenters. The number of fused-ring (bicyclic) bond motifs is 2. The molecule has 7 nitrogen and oxygen atoms in total. The molecule has 1 spiro atoms. The molecule has 1 aromatic heterocycles. The molecule has 174 valence electrons. The molecule has 34 heavy (non-hydrogen) atoms. The molecule has 8 heteroatoms. The summed E-state index contributed by atoms with van der Waals surface area (Å²) < 4.78 is 11.9. The fourth-order valence-corrected chi connectivity index (χ4v) is 5.11. The molecule has 3 heterocycles. The summed E-state index contributed by atoms with van der Waals surface area (Å²) in [7, 11) is 3.29. The largest absolute Gasteiger partial charge is 0.497 e. The van der Waals surface area contributed by atoms with Crippen LogP contribution >= 0.6 is 11.6 Å². The van der Waals surface area contributed by atoms with Gasteiger partial charge in [-0.1, -0.05) is 29.8 Å². The van der Waals surface area contributed by atoms with Crippen LogP contribution in [0.4, 0.5) is 0 Å². The Morgan fingerprint density at radius 1 is 1.18 bits per heavy atom. The molecule has 2 aliphatic rings. The zero-order chi connectivity index (χ0) is 24.1. The van der Waals surface area contributed by atoms with E-state index in [0.717, 1.165) is 22.4 Å². The quantitative estimate of drug-likeness (QED) is 0.610. The number of pyridine rings is 1. The first-order chi connectivity index (χ1) is 16.2. The van der Waals surface area contributed by atoms with Crippen LogP contribution < -0.4 is 15.2 Å². The van der Waals surface area contributed by atoms with Gasteiger partial charge in [0.1, 0.15) is 17.1 Å². The monoisotopic (exact) mass is 476 g/mol. The van der Waals surface area contributed by atoms with Gasteiger partial charge in [-0.15, -0.1) is 0 Å². The van der Waals surface area contributed by atoms with Gasteiger partial charge in [0.15, 0.2) is 11.5 Å². The van der Waals surface area contributed by atoms with E-state index in [4.69, 9.17) is 31.8 Å². The number of hydrogen-bond donors (Lipinski definition) is 1. The van der Waals surface area contributed by atoms with Crippen LogP contribution in [0.15, 0.2) is 65.9 Å². The number of ether oxygens (including phenoxy) is 2. The lowest BCUT2D eigenvalue weighted by Gasteiger charge is -2.43. The Balaban J connectivity index is 1.62. The summed E-state index contributed by atoms with van der Waals surface area (Å²) in [5, 5.41) is 0.533. The highest BCUT2D eigenvalue weighted by molar-refractivity contribution is 6.30. The number of amides is 1. The van der Waals surface area contributed by atoms with E-state index >= 15 is 0 Å². The highest BCUT2D eigenvalue weighted by atomic mass is 35.5. The molecule has 0 radical (unpaired) electrons. The molecule has 2 N–H and O–H groups in total. The van der Waals surface area contributed by atoms with E-state index in [2.05, 4.69) is 4.98 Å². The average Bonchev–Trinajstić information content (AvgIpc) is 3.02. The van der Waals surface area contributed by atoms with Crippen molar-refractivity contribution in [1.29, 1.82) is 0 Å². The molecule has 2 aromatic carbocycles. The van der Waals surface area contributed by atoms with E-state index in [1.807, 2.05) is 55.5 Å². The third-order valence-electron chi connectivity index (χ3n) is 6.47. The van der Waals surface area contributed by atoms with Crippen LogP contribution in [0.5, 0.6) is 11.5 Å². The summed E-state index contributed by atoms with van der Waals surface area (Å²) in [6, 6.07) is 15.4. The Morgan fingerprint density at radius 3 is 2.71 bits per heavy atom. The van der Waals surface area contributed by atoms with E-state index in [-0.39, 0.29) is 11.9 Å². The van der Waals surface area contributed by atoms with Gasteiger partial charge in [-0.25, -0.2) is 4.99 Å². The minimum Gasteiger partial charge on any atom is -0.497 e. The first kappa shape index (κ1) is 22.2. The fourth-order valence-electron chi connectivity index (χ4n) is 4.93. The molecule has 0 saturated carbocycles. The number of aromatic nitrogens is 1. The number of halogens is 1. The Morgan fingerprint density at radius 2 is 2.00 bits per heavy atom. The zero-order valence-corrected chi connectivity index (χ0v) is 20.0. The second kappa shape index (κ2) is 8.02. The van der Waals surface area contributed by atoms with Gasteiger partial charge < -0.3 is 15.2 Å². The fraction of sp³-hybridized carbons (Fsp3) is 0.269. The van der Waals surface area contributed by atoms with Gasteiger partial charge in [0.2, 0.25) is 0 Å². The Bertz CT molecular complexity index is 1330. The summed E-state index contributed by atoms with van der Waals surface area (Å²) in [5.74, 6) is 1.39. The molecule has 1 amide bonds. The topological polar surface area (TPSA) is 90.0 Å². The summed E-state index contributed by atoms with van der Waals surface area (Å²) in [5.41, 5.74) is 7.69. The number of nitrogens with zero attached hydrogens (tertiary/aromatic N) is 3. The van der Waals surface area contributed by atoms with Crippen LogP contribution in [0.3, 0.4) is 0 Å². The molecule has 3 aromatic rings. The third kappa shape index (κ3) is 3.66. The van der Waals surface area contributed by atoms with E-state index < -0.39 is 11.1 Å². The second-order valence-electron chi connectivity index (χ2n) is 9.05. The van der Waals surface area contributed by atoms with E-state index in [9.17, 15) is 4.79 Å². The molecule has 0 aliphatic carbocycles. The highest BCUT2D eigenvalue weighted by Gasteiger charge is 2.56. The van der Waals surface area contributed by atoms with Crippen LogP contribution in [0.2, 0.25) is 5.02 Å². The number of hydrogen-bond acceptors (Lipinski definition) is 6. The number of benzene rings is 2. The lowest BCUT2D eigenvalue weighted by atomic mass is 9.74. The van der Waals surface area contributed by atoms with Crippen LogP contribution in [-0.4, -0.2) is 41.5 Å². The van der Waals surface area contributed by atoms with Gasteiger partial charge in [-0.2, -0.15) is 0 Å². The minimum atomic E-state index is -1.18. The molecule has 0 bridgehead atoms. The van der Waals surface area contributed by atoms with Gasteiger partial charge in [0, 0.05) is 43.4 Å². The Labute approximate surface area is 203 Å². The maximum atomic E-state index is 13.6. The van der Waals surface area contributed by atoms with Crippen LogP contribution in [-0.2, 0) is 16.8 Å². The molecular weight excluding hydrogens is 452 g/mol. The average molecular weight is 477 g/mol. The normalized spacial score (nSPS) is 23.5. The number of methoxy groups -OCH3 is 1. The number of guanidine groups is 1. The smallest absolute Gasteiger partial charge is 0.261 e. The number of rotatable bonds is 4. The summed E-state index contributed by atoms with van der Waals surface area (Å²) in [6.45, 7) is 2.00. The van der Waals surface area contributed by atoms with E-state index in [1.54, 1.807) is 26.6 Å². The number of nitrogens with two attached hydrogens (primary N) is 1. The van der Waals surface area contributed by atoms with Gasteiger partial charge >= 0.3 is 0 Å². The van der Waals surface area contributed by atoms with Crippen molar-refractivity contribution in [3.8, 4) is 22.6 Å². The van der Waals surface area contributed by atoms with Crippen molar-refractivity contribution in [2.75, 3.05) is 14.2 Å². The first-order valence-corrected chi connectivity index (χ1v) is 11.3. The highest BCUT2D eigenvalue weighted by Crippen LogP contribution is 2.50. The van der Waals surface area contributed by atoms with Gasteiger partial charge in [0.05, 0.1) is 12.1 Å². The van der Waals surface area contributed by atoms with E-state index in [0.29, 0.717) is 29.2 Å². The lowest BCUT2D eigenvalue weighted by Crippen LogP contribution is -2.51. The molecular formula is C26H25ClN4O3. The number of carbonyl (C=O) groups excluding carboxylic acids is 1. The SMILES string of the molecule is COc1cccc(C[C@]2(C)CC3(N=C(N)N(C)C3=O)c3cc(-c4cncc(Cl)c4)ccc3O2)c1. The Kier molecular flexibility index (Phi) is 5.24. The van der Waals surface area contributed by atoms with Gasteiger partial charge in [0.25, 0.3) is 5.91 Å². The van der Waals surface area contributed by atoms with Gasteiger partial charge in [-0.3, -0.25) is 14.7 Å². The first-order valence-electron chi connectivity index (χ1n) is 10.9.